The van der Waals surface area contributed by atoms with Crippen LogP contribution in [0.15, 0.2) is 12.1 Å². The lowest BCUT2D eigenvalue weighted by Gasteiger charge is -1.99. The summed E-state index contributed by atoms with van der Waals surface area (Å²) in [4.78, 5) is 11.0. The monoisotopic (exact) mass is 307 g/mol. The van der Waals surface area contributed by atoms with Crippen LogP contribution >= 0.6 is 22.9 Å². The van der Waals surface area contributed by atoms with Crippen LogP contribution in [-0.4, -0.2) is 22.0 Å². The van der Waals surface area contributed by atoms with Gasteiger partial charge in [-0.1, -0.05) is 11.3 Å². The van der Waals surface area contributed by atoms with Gasteiger partial charge in [-0.15, -0.1) is 21.8 Å². The van der Waals surface area contributed by atoms with Gasteiger partial charge in [0.1, 0.15) is 11.7 Å². The molecule has 1 aromatic heterocycles. The van der Waals surface area contributed by atoms with Crippen LogP contribution in [-0.2, 0) is 4.79 Å². The quantitative estimate of drug-likeness (QED) is 0.701. The van der Waals surface area contributed by atoms with E-state index in [2.05, 4.69) is 15.5 Å². The van der Waals surface area contributed by atoms with Crippen molar-refractivity contribution in [1.82, 2.24) is 10.2 Å². The average molecular weight is 308 g/mol. The van der Waals surface area contributed by atoms with Gasteiger partial charge in [-0.3, -0.25) is 10.1 Å². The number of aromatic nitrogens is 2. The fourth-order valence-electron chi connectivity index (χ4n) is 1.22. The summed E-state index contributed by atoms with van der Waals surface area (Å²) < 4.78 is 39.3. The van der Waals surface area contributed by atoms with Gasteiger partial charge in [-0.2, -0.15) is 0 Å². The summed E-state index contributed by atoms with van der Waals surface area (Å²) in [6.07, 6.45) is 0. The number of hydrogen-bond acceptors (Lipinski definition) is 4. The molecule has 2 aromatic rings. The first-order chi connectivity index (χ1) is 9.01. The Hall–Kier alpha value is -1.67. The Balaban J connectivity index is 2.33. The summed E-state index contributed by atoms with van der Waals surface area (Å²) in [7, 11) is 0. The highest BCUT2D eigenvalue weighted by Crippen LogP contribution is 2.29. The van der Waals surface area contributed by atoms with Gasteiger partial charge in [-0.05, 0) is 6.07 Å². The van der Waals surface area contributed by atoms with Crippen molar-refractivity contribution in [3.05, 3.63) is 29.6 Å². The van der Waals surface area contributed by atoms with E-state index >= 15 is 0 Å². The molecule has 0 saturated heterocycles. The number of amides is 1. The zero-order valence-corrected chi connectivity index (χ0v) is 10.7. The van der Waals surface area contributed by atoms with Gasteiger partial charge in [0, 0.05) is 6.07 Å². The van der Waals surface area contributed by atoms with Crippen LogP contribution < -0.4 is 5.32 Å². The average Bonchev–Trinajstić information content (AvgIpc) is 2.82. The SMILES string of the molecule is O=C(CCl)Nc1nnc(-c2cc(F)c(F)cc2F)s1. The number of rotatable bonds is 3. The molecule has 1 aromatic carbocycles. The van der Waals surface area contributed by atoms with E-state index in [1.165, 1.54) is 0 Å². The van der Waals surface area contributed by atoms with Crippen molar-refractivity contribution in [2.75, 3.05) is 11.2 Å². The molecule has 0 aliphatic heterocycles. The number of alkyl halides is 1. The van der Waals surface area contributed by atoms with E-state index in [9.17, 15) is 18.0 Å². The molecule has 0 aliphatic carbocycles. The second-order valence-electron chi connectivity index (χ2n) is 3.34. The second kappa shape index (κ2) is 5.54. The van der Waals surface area contributed by atoms with Crippen LogP contribution in [0.5, 0.6) is 0 Å². The van der Waals surface area contributed by atoms with E-state index in [1.807, 2.05) is 0 Å². The molecule has 0 bridgehead atoms. The lowest BCUT2D eigenvalue weighted by molar-refractivity contribution is -0.113. The number of nitrogens with zero attached hydrogens (tertiary/aromatic N) is 2. The van der Waals surface area contributed by atoms with Crippen molar-refractivity contribution in [1.29, 1.82) is 0 Å². The lowest BCUT2D eigenvalue weighted by Crippen LogP contribution is -2.12. The highest BCUT2D eigenvalue weighted by molar-refractivity contribution is 7.18. The zero-order valence-electron chi connectivity index (χ0n) is 9.08. The molecular weight excluding hydrogens is 303 g/mol. The van der Waals surface area contributed by atoms with E-state index < -0.39 is 23.4 Å². The first-order valence-electron chi connectivity index (χ1n) is 4.85. The Kier molecular flexibility index (Phi) is 4.01. The lowest BCUT2D eigenvalue weighted by atomic mass is 10.2. The molecule has 4 nitrogen and oxygen atoms in total. The molecule has 0 radical (unpaired) electrons. The molecule has 1 amide bonds. The maximum Gasteiger partial charge on any atom is 0.241 e. The van der Waals surface area contributed by atoms with Gasteiger partial charge in [-0.25, -0.2) is 13.2 Å². The number of benzene rings is 1. The summed E-state index contributed by atoms with van der Waals surface area (Å²) in [6.45, 7) is 0. The third kappa shape index (κ3) is 3.02. The van der Waals surface area contributed by atoms with Crippen LogP contribution in [0.1, 0.15) is 0 Å². The molecule has 0 unspecified atom stereocenters. The molecule has 9 heteroatoms. The van der Waals surface area contributed by atoms with Crippen LogP contribution in [0.4, 0.5) is 18.3 Å². The molecule has 0 fully saturated rings. The molecule has 1 N–H and O–H groups in total. The van der Waals surface area contributed by atoms with Crippen molar-refractivity contribution in [2.45, 2.75) is 0 Å². The Bertz CT molecular complexity index is 634. The van der Waals surface area contributed by atoms with Crippen molar-refractivity contribution in [3.8, 4) is 10.6 Å². The molecule has 0 saturated carbocycles. The highest BCUT2D eigenvalue weighted by Gasteiger charge is 2.16. The van der Waals surface area contributed by atoms with Gasteiger partial charge in [0.05, 0.1) is 5.56 Å². The predicted molar refractivity (Wildman–Crippen MR) is 64.6 cm³/mol. The molecule has 0 aliphatic rings. The molecule has 0 atom stereocenters. The first-order valence-corrected chi connectivity index (χ1v) is 6.20. The number of hydrogen-bond donors (Lipinski definition) is 1. The van der Waals surface area contributed by atoms with Gasteiger partial charge in [0.15, 0.2) is 16.6 Å². The Morgan fingerprint density at radius 1 is 1.21 bits per heavy atom. The highest BCUT2D eigenvalue weighted by atomic mass is 35.5. The van der Waals surface area contributed by atoms with Crippen molar-refractivity contribution in [2.24, 2.45) is 0 Å². The minimum absolute atomic E-state index is 0.0151. The number of nitrogens with one attached hydrogen (secondary N) is 1. The van der Waals surface area contributed by atoms with E-state index in [1.54, 1.807) is 0 Å². The number of anilines is 1. The van der Waals surface area contributed by atoms with E-state index in [4.69, 9.17) is 11.6 Å². The molecule has 19 heavy (non-hydrogen) atoms. The standard InChI is InChI=1S/C10H5ClF3N3OS/c11-3-8(18)15-10-17-16-9(19-10)4-1-6(13)7(14)2-5(4)12/h1-2H,3H2,(H,15,17,18). The molecule has 2 rings (SSSR count). The molecular formula is C10H5ClF3N3OS. The van der Waals surface area contributed by atoms with E-state index in [0.29, 0.717) is 12.1 Å². The number of carbonyl (C=O) groups excluding carboxylic acids is 1. The number of halogens is 4. The smallest absolute Gasteiger partial charge is 0.241 e. The summed E-state index contributed by atoms with van der Waals surface area (Å²) >= 11 is 6.10. The Morgan fingerprint density at radius 3 is 2.58 bits per heavy atom. The second-order valence-corrected chi connectivity index (χ2v) is 4.59. The summed E-state index contributed by atoms with van der Waals surface area (Å²) in [6, 6.07) is 1.10. The minimum atomic E-state index is -1.29. The van der Waals surface area contributed by atoms with Crippen molar-refractivity contribution >= 4 is 34.0 Å². The predicted octanol–water partition coefficient (Wildman–Crippen LogP) is 2.80. The maximum atomic E-state index is 13.5. The maximum absolute atomic E-state index is 13.5. The first kappa shape index (κ1) is 13.8. The summed E-state index contributed by atoms with van der Waals surface area (Å²) in [5.74, 6) is -4.23. The van der Waals surface area contributed by atoms with Gasteiger partial charge in [0.25, 0.3) is 0 Å². The van der Waals surface area contributed by atoms with E-state index in [0.717, 1.165) is 11.3 Å². The largest absolute Gasteiger partial charge is 0.299 e. The van der Waals surface area contributed by atoms with Gasteiger partial charge in [0.2, 0.25) is 11.0 Å². The van der Waals surface area contributed by atoms with Crippen molar-refractivity contribution in [3.63, 3.8) is 0 Å². The van der Waals surface area contributed by atoms with Gasteiger partial charge < -0.3 is 0 Å². The normalized spacial score (nSPS) is 10.5. The Labute approximate surface area is 114 Å². The molecule has 1 heterocycles. The fourth-order valence-corrected chi connectivity index (χ4v) is 2.07. The molecule has 100 valence electrons. The third-order valence-electron chi connectivity index (χ3n) is 2.03. The summed E-state index contributed by atoms with van der Waals surface area (Å²) in [5, 5.41) is 9.57. The third-order valence-corrected chi connectivity index (χ3v) is 3.15. The van der Waals surface area contributed by atoms with Crippen LogP contribution in [0.25, 0.3) is 10.6 Å². The fraction of sp³-hybridized carbons (Fsp3) is 0.100. The summed E-state index contributed by atoms with van der Waals surface area (Å²) in [5.41, 5.74) is -0.234. The van der Waals surface area contributed by atoms with Crippen LogP contribution in [0.3, 0.4) is 0 Å². The minimum Gasteiger partial charge on any atom is -0.299 e. The van der Waals surface area contributed by atoms with Crippen LogP contribution in [0, 0.1) is 17.5 Å². The van der Waals surface area contributed by atoms with Gasteiger partial charge >= 0.3 is 0 Å². The topological polar surface area (TPSA) is 54.9 Å². The zero-order chi connectivity index (χ0) is 14.0. The van der Waals surface area contributed by atoms with E-state index in [-0.39, 0.29) is 21.6 Å². The number of carbonyl (C=O) groups is 1. The van der Waals surface area contributed by atoms with Crippen LogP contribution in [0.2, 0.25) is 0 Å². The molecule has 0 spiro atoms. The van der Waals surface area contributed by atoms with Crippen molar-refractivity contribution < 1.29 is 18.0 Å². The Morgan fingerprint density at radius 2 is 1.89 bits per heavy atom.